The number of hydrogen-bond donors (Lipinski definition) is 1. The van der Waals surface area contributed by atoms with Gasteiger partial charge in [0.25, 0.3) is 0 Å². The standard InChI is InChI=1S/C11H20N2O/c1-6-7-8-9(14)10(11(2,3)4)12-13(8)5/h14H,6-7H2,1-5H3. The van der Waals surface area contributed by atoms with E-state index < -0.39 is 0 Å². The molecule has 0 amide bonds. The highest BCUT2D eigenvalue weighted by molar-refractivity contribution is 5.36. The van der Waals surface area contributed by atoms with Crippen LogP contribution in [-0.2, 0) is 18.9 Å². The van der Waals surface area contributed by atoms with Crippen LogP contribution in [0, 0.1) is 0 Å². The van der Waals surface area contributed by atoms with Crippen molar-refractivity contribution >= 4 is 0 Å². The van der Waals surface area contributed by atoms with Crippen molar-refractivity contribution in [2.24, 2.45) is 7.05 Å². The Morgan fingerprint density at radius 3 is 2.29 bits per heavy atom. The van der Waals surface area contributed by atoms with E-state index in [1.54, 1.807) is 4.68 Å². The minimum atomic E-state index is -0.0894. The maximum atomic E-state index is 9.99. The average molecular weight is 196 g/mol. The van der Waals surface area contributed by atoms with Crippen LogP contribution in [0.4, 0.5) is 0 Å². The molecule has 80 valence electrons. The van der Waals surface area contributed by atoms with E-state index in [2.05, 4.69) is 32.8 Å². The number of aryl methyl sites for hydroxylation is 1. The Labute approximate surface area is 85.8 Å². The highest BCUT2D eigenvalue weighted by Gasteiger charge is 2.24. The topological polar surface area (TPSA) is 38.1 Å². The molecule has 0 aromatic carbocycles. The number of aromatic nitrogens is 2. The molecule has 1 aromatic heterocycles. The summed E-state index contributed by atoms with van der Waals surface area (Å²) in [5.41, 5.74) is 1.65. The van der Waals surface area contributed by atoms with Gasteiger partial charge in [-0.3, -0.25) is 4.68 Å². The molecule has 0 aliphatic carbocycles. The largest absolute Gasteiger partial charge is 0.504 e. The predicted molar refractivity (Wildman–Crippen MR) is 57.6 cm³/mol. The van der Waals surface area contributed by atoms with Gasteiger partial charge in [-0.15, -0.1) is 0 Å². The maximum absolute atomic E-state index is 9.99. The van der Waals surface area contributed by atoms with E-state index in [0.717, 1.165) is 24.2 Å². The molecule has 0 spiro atoms. The van der Waals surface area contributed by atoms with Crippen molar-refractivity contribution < 1.29 is 5.11 Å². The first-order valence-electron chi connectivity index (χ1n) is 5.13. The number of rotatable bonds is 2. The molecule has 0 bridgehead atoms. The van der Waals surface area contributed by atoms with Crippen molar-refractivity contribution in [2.45, 2.75) is 46.0 Å². The quantitative estimate of drug-likeness (QED) is 0.788. The molecule has 0 saturated carbocycles. The molecule has 0 fully saturated rings. The molecule has 1 heterocycles. The van der Waals surface area contributed by atoms with Gasteiger partial charge in [0.15, 0.2) is 5.75 Å². The van der Waals surface area contributed by atoms with E-state index in [9.17, 15) is 5.11 Å². The van der Waals surface area contributed by atoms with Crippen molar-refractivity contribution in [2.75, 3.05) is 0 Å². The minimum absolute atomic E-state index is 0.0894. The summed E-state index contributed by atoms with van der Waals surface area (Å²) in [6.07, 6.45) is 1.90. The normalized spacial score (nSPS) is 12.1. The molecule has 3 nitrogen and oxygen atoms in total. The molecule has 1 N–H and O–H groups in total. The van der Waals surface area contributed by atoms with Gasteiger partial charge in [-0.05, 0) is 6.42 Å². The zero-order chi connectivity index (χ0) is 10.9. The van der Waals surface area contributed by atoms with Crippen molar-refractivity contribution in [3.05, 3.63) is 11.4 Å². The van der Waals surface area contributed by atoms with E-state index in [1.165, 1.54) is 0 Å². The molecule has 0 aliphatic rings. The summed E-state index contributed by atoms with van der Waals surface area (Å²) in [6, 6.07) is 0. The molecule has 0 radical (unpaired) electrons. The van der Waals surface area contributed by atoms with Gasteiger partial charge in [0, 0.05) is 12.5 Å². The van der Waals surface area contributed by atoms with Crippen LogP contribution in [0.1, 0.15) is 45.5 Å². The third-order valence-electron chi connectivity index (χ3n) is 2.34. The van der Waals surface area contributed by atoms with Gasteiger partial charge in [-0.1, -0.05) is 34.1 Å². The van der Waals surface area contributed by atoms with Gasteiger partial charge in [0.2, 0.25) is 0 Å². The zero-order valence-electron chi connectivity index (χ0n) is 9.76. The van der Waals surface area contributed by atoms with Gasteiger partial charge in [-0.2, -0.15) is 5.10 Å². The summed E-state index contributed by atoms with van der Waals surface area (Å²) in [6.45, 7) is 8.28. The third-order valence-corrected chi connectivity index (χ3v) is 2.34. The Balaban J connectivity index is 3.17. The lowest BCUT2D eigenvalue weighted by Crippen LogP contribution is -2.12. The van der Waals surface area contributed by atoms with Crippen LogP contribution in [0.25, 0.3) is 0 Å². The fraction of sp³-hybridized carbons (Fsp3) is 0.727. The molecule has 1 rings (SSSR count). The molecule has 14 heavy (non-hydrogen) atoms. The Bertz CT molecular complexity index is 321. The summed E-state index contributed by atoms with van der Waals surface area (Å²) in [7, 11) is 1.89. The second-order valence-electron chi connectivity index (χ2n) is 4.77. The van der Waals surface area contributed by atoms with Crippen LogP contribution in [-0.4, -0.2) is 14.9 Å². The Hall–Kier alpha value is -0.990. The lowest BCUT2D eigenvalue weighted by Gasteiger charge is -2.14. The lowest BCUT2D eigenvalue weighted by atomic mass is 9.91. The SMILES string of the molecule is CCCc1c(O)c(C(C)(C)C)nn1C. The predicted octanol–water partition coefficient (Wildman–Crippen LogP) is 2.38. The monoisotopic (exact) mass is 196 g/mol. The lowest BCUT2D eigenvalue weighted by molar-refractivity contribution is 0.439. The summed E-state index contributed by atoms with van der Waals surface area (Å²) < 4.78 is 1.79. The first-order chi connectivity index (χ1) is 6.38. The first kappa shape index (κ1) is 11.1. The zero-order valence-corrected chi connectivity index (χ0v) is 9.76. The van der Waals surface area contributed by atoms with Crippen LogP contribution >= 0.6 is 0 Å². The molecule has 0 unspecified atom stereocenters. The van der Waals surface area contributed by atoms with Gasteiger partial charge < -0.3 is 5.11 Å². The first-order valence-corrected chi connectivity index (χ1v) is 5.13. The Morgan fingerprint density at radius 1 is 1.36 bits per heavy atom. The fourth-order valence-corrected chi connectivity index (χ4v) is 1.57. The Kier molecular flexibility index (Phi) is 2.88. The molecule has 0 saturated heterocycles. The summed E-state index contributed by atoms with van der Waals surface area (Å²) in [4.78, 5) is 0. The van der Waals surface area contributed by atoms with E-state index >= 15 is 0 Å². The van der Waals surface area contributed by atoms with Crippen molar-refractivity contribution in [1.29, 1.82) is 0 Å². The van der Waals surface area contributed by atoms with Gasteiger partial charge in [0.1, 0.15) is 5.69 Å². The number of aromatic hydroxyl groups is 1. The van der Waals surface area contributed by atoms with Crippen LogP contribution < -0.4 is 0 Å². The average Bonchev–Trinajstić information content (AvgIpc) is 2.31. The van der Waals surface area contributed by atoms with Crippen molar-refractivity contribution in [3.8, 4) is 5.75 Å². The molecule has 0 atom stereocenters. The maximum Gasteiger partial charge on any atom is 0.160 e. The second-order valence-corrected chi connectivity index (χ2v) is 4.77. The van der Waals surface area contributed by atoms with Crippen molar-refractivity contribution in [3.63, 3.8) is 0 Å². The minimum Gasteiger partial charge on any atom is -0.504 e. The van der Waals surface area contributed by atoms with E-state index in [-0.39, 0.29) is 5.41 Å². The molecular weight excluding hydrogens is 176 g/mol. The van der Waals surface area contributed by atoms with Gasteiger partial charge in [-0.25, -0.2) is 0 Å². The van der Waals surface area contributed by atoms with Crippen molar-refractivity contribution in [1.82, 2.24) is 9.78 Å². The van der Waals surface area contributed by atoms with E-state index in [4.69, 9.17) is 0 Å². The van der Waals surface area contributed by atoms with Gasteiger partial charge in [0.05, 0.1) is 5.69 Å². The molecule has 3 heteroatoms. The Morgan fingerprint density at radius 2 is 1.93 bits per heavy atom. The molecular formula is C11H20N2O. The van der Waals surface area contributed by atoms with Crippen LogP contribution in [0.3, 0.4) is 0 Å². The highest BCUT2D eigenvalue weighted by atomic mass is 16.3. The van der Waals surface area contributed by atoms with E-state index in [1.807, 2.05) is 7.05 Å². The smallest absolute Gasteiger partial charge is 0.160 e. The molecule has 0 aliphatic heterocycles. The fourth-order valence-electron chi connectivity index (χ4n) is 1.57. The summed E-state index contributed by atoms with van der Waals surface area (Å²) in [5.74, 6) is 0.377. The van der Waals surface area contributed by atoms with Crippen LogP contribution in [0.15, 0.2) is 0 Å². The third kappa shape index (κ3) is 1.91. The number of hydrogen-bond acceptors (Lipinski definition) is 2. The highest BCUT2D eigenvalue weighted by Crippen LogP contribution is 2.32. The van der Waals surface area contributed by atoms with E-state index in [0.29, 0.717) is 5.75 Å². The van der Waals surface area contributed by atoms with Gasteiger partial charge >= 0.3 is 0 Å². The molecule has 1 aromatic rings. The van der Waals surface area contributed by atoms with Crippen LogP contribution in [0.2, 0.25) is 0 Å². The number of nitrogens with zero attached hydrogens (tertiary/aromatic N) is 2. The summed E-state index contributed by atoms with van der Waals surface area (Å²) in [5, 5.41) is 14.4. The second kappa shape index (κ2) is 3.64. The van der Waals surface area contributed by atoms with Crippen LogP contribution in [0.5, 0.6) is 5.75 Å². The summed E-state index contributed by atoms with van der Waals surface area (Å²) >= 11 is 0.